The first-order valence-electron chi connectivity index (χ1n) is 5.71. The minimum atomic E-state index is -0.460. The maximum absolute atomic E-state index is 11.8. The van der Waals surface area contributed by atoms with E-state index < -0.39 is 5.92 Å². The Labute approximate surface area is 91.0 Å². The fourth-order valence-corrected chi connectivity index (χ4v) is 1.78. The van der Waals surface area contributed by atoms with Gasteiger partial charge in [-0.3, -0.25) is 9.59 Å². The van der Waals surface area contributed by atoms with Crippen molar-refractivity contribution in [2.75, 3.05) is 0 Å². The second kappa shape index (κ2) is 5.19. The molecule has 0 spiro atoms. The quantitative estimate of drug-likeness (QED) is 0.653. The van der Waals surface area contributed by atoms with Crippen LogP contribution >= 0.6 is 0 Å². The van der Waals surface area contributed by atoms with Crippen LogP contribution in [0.25, 0.3) is 0 Å². The summed E-state index contributed by atoms with van der Waals surface area (Å²) in [4.78, 5) is 27.2. The summed E-state index contributed by atoms with van der Waals surface area (Å²) in [5.74, 6) is -0.324. The molecule has 1 heterocycles. The molecule has 84 valence electrons. The number of unbranched alkanes of at least 4 members (excludes halogenated alkanes) is 1. The molecule has 15 heavy (non-hydrogen) atoms. The first-order valence-corrected chi connectivity index (χ1v) is 5.71. The third kappa shape index (κ3) is 2.98. The summed E-state index contributed by atoms with van der Waals surface area (Å²) in [6, 6.07) is 0. The Balaban J connectivity index is 2.61. The van der Waals surface area contributed by atoms with Crippen LogP contribution in [0.4, 0.5) is 0 Å². The SMILES string of the molecule is CCCCC1C(=O)N=C(CC(C)C)C1=O. The number of amides is 1. The van der Waals surface area contributed by atoms with Crippen LogP contribution in [0.15, 0.2) is 4.99 Å². The van der Waals surface area contributed by atoms with Crippen molar-refractivity contribution >= 4 is 17.4 Å². The first kappa shape index (κ1) is 12.1. The normalized spacial score (nSPS) is 21.3. The number of Topliss-reactive ketones (excluding diaryl/α,β-unsaturated/α-hetero) is 1. The van der Waals surface area contributed by atoms with E-state index in [4.69, 9.17) is 0 Å². The molecule has 0 radical (unpaired) electrons. The highest BCUT2D eigenvalue weighted by molar-refractivity contribution is 6.49. The van der Waals surface area contributed by atoms with Gasteiger partial charge in [0.15, 0.2) is 5.78 Å². The molecule has 0 fully saturated rings. The van der Waals surface area contributed by atoms with Gasteiger partial charge < -0.3 is 0 Å². The summed E-state index contributed by atoms with van der Waals surface area (Å²) >= 11 is 0. The van der Waals surface area contributed by atoms with Crippen molar-refractivity contribution in [2.24, 2.45) is 16.8 Å². The second-order valence-corrected chi connectivity index (χ2v) is 4.55. The summed E-state index contributed by atoms with van der Waals surface area (Å²) in [6.45, 7) is 6.11. The summed E-state index contributed by atoms with van der Waals surface area (Å²) in [7, 11) is 0. The Morgan fingerprint density at radius 3 is 2.53 bits per heavy atom. The van der Waals surface area contributed by atoms with Gasteiger partial charge in [0.05, 0.1) is 5.71 Å². The van der Waals surface area contributed by atoms with Gasteiger partial charge in [-0.1, -0.05) is 33.6 Å². The number of rotatable bonds is 5. The predicted octanol–water partition coefficient (Wildman–Crippen LogP) is 2.39. The van der Waals surface area contributed by atoms with E-state index in [2.05, 4.69) is 11.9 Å². The van der Waals surface area contributed by atoms with Crippen LogP contribution in [0, 0.1) is 11.8 Å². The van der Waals surface area contributed by atoms with Crippen molar-refractivity contribution in [3.8, 4) is 0 Å². The maximum Gasteiger partial charge on any atom is 0.257 e. The molecule has 0 bridgehead atoms. The Hall–Kier alpha value is -0.990. The molecule has 1 rings (SSSR count). The van der Waals surface area contributed by atoms with Gasteiger partial charge in [-0.2, -0.15) is 0 Å². The fourth-order valence-electron chi connectivity index (χ4n) is 1.78. The lowest BCUT2D eigenvalue weighted by atomic mass is 9.94. The van der Waals surface area contributed by atoms with Crippen LogP contribution in [-0.4, -0.2) is 17.4 Å². The highest BCUT2D eigenvalue weighted by atomic mass is 16.2. The van der Waals surface area contributed by atoms with E-state index in [-0.39, 0.29) is 11.7 Å². The van der Waals surface area contributed by atoms with E-state index >= 15 is 0 Å². The smallest absolute Gasteiger partial charge is 0.257 e. The second-order valence-electron chi connectivity index (χ2n) is 4.55. The number of aliphatic imine (C=N–C) groups is 1. The molecule has 0 N–H and O–H groups in total. The molecular weight excluding hydrogens is 190 g/mol. The van der Waals surface area contributed by atoms with E-state index in [1.807, 2.05) is 13.8 Å². The first-order chi connectivity index (χ1) is 7.06. The lowest BCUT2D eigenvalue weighted by Gasteiger charge is -2.06. The number of hydrogen-bond acceptors (Lipinski definition) is 2. The minimum absolute atomic E-state index is 0.0258. The van der Waals surface area contributed by atoms with Crippen LogP contribution < -0.4 is 0 Å². The number of hydrogen-bond donors (Lipinski definition) is 0. The van der Waals surface area contributed by atoms with Gasteiger partial charge in [-0.15, -0.1) is 0 Å². The maximum atomic E-state index is 11.8. The number of carbonyl (C=O) groups is 2. The van der Waals surface area contributed by atoms with Gasteiger partial charge in [0.25, 0.3) is 5.91 Å². The van der Waals surface area contributed by atoms with E-state index in [0.717, 1.165) is 12.8 Å². The molecule has 3 nitrogen and oxygen atoms in total. The highest BCUT2D eigenvalue weighted by Crippen LogP contribution is 2.21. The molecule has 0 saturated heterocycles. The standard InChI is InChI=1S/C12H19NO2/c1-4-5-6-9-11(14)10(7-8(2)3)13-12(9)15/h8-9H,4-7H2,1-3H3. The van der Waals surface area contributed by atoms with Crippen molar-refractivity contribution in [1.82, 2.24) is 0 Å². The third-order valence-corrected chi connectivity index (χ3v) is 2.59. The van der Waals surface area contributed by atoms with Gasteiger partial charge in [0, 0.05) is 0 Å². The Morgan fingerprint density at radius 2 is 2.00 bits per heavy atom. The molecule has 1 unspecified atom stereocenters. The van der Waals surface area contributed by atoms with Gasteiger partial charge >= 0.3 is 0 Å². The summed E-state index contributed by atoms with van der Waals surface area (Å²) in [6.07, 6.45) is 3.23. The average Bonchev–Trinajstić information content (AvgIpc) is 2.39. The van der Waals surface area contributed by atoms with Crippen LogP contribution in [0.5, 0.6) is 0 Å². The minimum Gasteiger partial charge on any atom is -0.292 e. The Bertz CT molecular complexity index is 292. The Kier molecular flexibility index (Phi) is 4.18. The van der Waals surface area contributed by atoms with Crippen LogP contribution in [0.3, 0.4) is 0 Å². The van der Waals surface area contributed by atoms with Crippen LogP contribution in [-0.2, 0) is 9.59 Å². The largest absolute Gasteiger partial charge is 0.292 e. The molecule has 1 atom stereocenters. The average molecular weight is 209 g/mol. The predicted molar refractivity (Wildman–Crippen MR) is 59.9 cm³/mol. The molecule has 1 amide bonds. The number of nitrogens with zero attached hydrogens (tertiary/aromatic N) is 1. The summed E-state index contributed by atoms with van der Waals surface area (Å²) in [5.41, 5.74) is 0.496. The van der Waals surface area contributed by atoms with E-state index in [1.54, 1.807) is 0 Å². The zero-order valence-corrected chi connectivity index (χ0v) is 9.75. The molecule has 0 aliphatic carbocycles. The van der Waals surface area contributed by atoms with Gasteiger partial charge in [0.2, 0.25) is 0 Å². The molecule has 0 aromatic rings. The lowest BCUT2D eigenvalue weighted by Crippen LogP contribution is -2.21. The van der Waals surface area contributed by atoms with Crippen LogP contribution in [0.2, 0.25) is 0 Å². The monoisotopic (exact) mass is 209 g/mol. The van der Waals surface area contributed by atoms with E-state index in [9.17, 15) is 9.59 Å². The van der Waals surface area contributed by atoms with Crippen molar-refractivity contribution in [3.05, 3.63) is 0 Å². The molecule has 1 aliphatic heterocycles. The number of ketones is 1. The molecular formula is C12H19NO2. The molecule has 0 aromatic carbocycles. The van der Waals surface area contributed by atoms with Crippen LogP contribution in [0.1, 0.15) is 46.5 Å². The lowest BCUT2D eigenvalue weighted by molar-refractivity contribution is -0.127. The fraction of sp³-hybridized carbons (Fsp3) is 0.750. The summed E-state index contributed by atoms with van der Waals surface area (Å²) < 4.78 is 0. The molecule has 3 heteroatoms. The van der Waals surface area contributed by atoms with Crippen molar-refractivity contribution < 1.29 is 9.59 Å². The van der Waals surface area contributed by atoms with Gasteiger partial charge in [-0.25, -0.2) is 4.99 Å². The van der Waals surface area contributed by atoms with Crippen molar-refractivity contribution in [3.63, 3.8) is 0 Å². The zero-order chi connectivity index (χ0) is 11.4. The van der Waals surface area contributed by atoms with E-state index in [0.29, 0.717) is 24.5 Å². The van der Waals surface area contributed by atoms with Crippen molar-refractivity contribution in [2.45, 2.75) is 46.5 Å². The van der Waals surface area contributed by atoms with Gasteiger partial charge in [-0.05, 0) is 18.8 Å². The third-order valence-electron chi connectivity index (χ3n) is 2.59. The summed E-state index contributed by atoms with van der Waals surface area (Å²) in [5, 5.41) is 0. The topological polar surface area (TPSA) is 46.5 Å². The molecule has 1 aliphatic rings. The molecule has 0 aromatic heterocycles. The Morgan fingerprint density at radius 1 is 1.33 bits per heavy atom. The molecule has 0 saturated carbocycles. The zero-order valence-electron chi connectivity index (χ0n) is 9.75. The van der Waals surface area contributed by atoms with Gasteiger partial charge in [0.1, 0.15) is 5.92 Å². The highest BCUT2D eigenvalue weighted by Gasteiger charge is 2.35. The number of carbonyl (C=O) groups excluding carboxylic acids is 2. The van der Waals surface area contributed by atoms with Crippen molar-refractivity contribution in [1.29, 1.82) is 0 Å². The van der Waals surface area contributed by atoms with E-state index in [1.165, 1.54) is 0 Å².